The summed E-state index contributed by atoms with van der Waals surface area (Å²) >= 11 is 12.5. The first-order valence-corrected chi connectivity index (χ1v) is 9.66. The number of hydrogen-bond donors (Lipinski definition) is 2. The second-order valence-electron chi connectivity index (χ2n) is 7.17. The molecule has 3 heterocycles. The highest BCUT2D eigenvalue weighted by atomic mass is 35.5. The van der Waals surface area contributed by atoms with Gasteiger partial charge >= 0.3 is 6.09 Å². The van der Waals surface area contributed by atoms with Crippen molar-refractivity contribution in [1.29, 1.82) is 0 Å². The van der Waals surface area contributed by atoms with Gasteiger partial charge in [0, 0.05) is 36.6 Å². The minimum atomic E-state index is -0.991. The molecule has 0 spiro atoms. The average molecular weight is 420 g/mol. The van der Waals surface area contributed by atoms with Gasteiger partial charge in [0.2, 0.25) is 0 Å². The van der Waals surface area contributed by atoms with Crippen molar-refractivity contribution < 1.29 is 9.90 Å². The lowest BCUT2D eigenvalue weighted by atomic mass is 9.90. The Balaban J connectivity index is 1.67. The molecule has 4 rings (SSSR count). The number of nitrogens with zero attached hydrogens (tertiary/aromatic N) is 4. The van der Waals surface area contributed by atoms with E-state index in [1.165, 1.54) is 0 Å². The highest BCUT2D eigenvalue weighted by molar-refractivity contribution is 6.43. The van der Waals surface area contributed by atoms with Crippen LogP contribution in [0.1, 0.15) is 19.8 Å². The van der Waals surface area contributed by atoms with Crippen LogP contribution in [-0.2, 0) is 0 Å². The van der Waals surface area contributed by atoms with Crippen LogP contribution >= 0.6 is 23.2 Å². The van der Waals surface area contributed by atoms with Gasteiger partial charge in [-0.3, -0.25) is 4.40 Å². The molecular weight excluding hydrogens is 401 g/mol. The van der Waals surface area contributed by atoms with Crippen LogP contribution in [-0.4, -0.2) is 44.2 Å². The van der Waals surface area contributed by atoms with E-state index in [4.69, 9.17) is 28.3 Å². The zero-order valence-corrected chi connectivity index (χ0v) is 16.7. The summed E-state index contributed by atoms with van der Waals surface area (Å²) in [5.74, 6) is 1.51. The first-order valence-electron chi connectivity index (χ1n) is 8.90. The van der Waals surface area contributed by atoms with E-state index >= 15 is 0 Å². The predicted molar refractivity (Wildman–Crippen MR) is 109 cm³/mol. The lowest BCUT2D eigenvalue weighted by Crippen LogP contribution is -2.53. The monoisotopic (exact) mass is 419 g/mol. The number of hydrogen-bond acceptors (Lipinski definition) is 4. The smallest absolute Gasteiger partial charge is 0.405 e. The maximum absolute atomic E-state index is 11.0. The molecule has 1 amide bonds. The summed E-state index contributed by atoms with van der Waals surface area (Å²) in [6.45, 7) is 3.33. The minimum Gasteiger partial charge on any atom is -0.465 e. The molecule has 7 nitrogen and oxygen atoms in total. The van der Waals surface area contributed by atoms with Crippen molar-refractivity contribution in [3.8, 4) is 11.4 Å². The van der Waals surface area contributed by atoms with Crippen molar-refractivity contribution in [2.24, 2.45) is 0 Å². The first-order chi connectivity index (χ1) is 13.4. The molecule has 1 aliphatic heterocycles. The van der Waals surface area contributed by atoms with Gasteiger partial charge in [0.15, 0.2) is 5.82 Å². The Labute approximate surface area is 171 Å². The molecule has 2 N–H and O–H groups in total. The number of imidazole rings is 1. The highest BCUT2D eigenvalue weighted by Crippen LogP contribution is 2.34. The number of halogens is 2. The molecule has 1 aromatic carbocycles. The fraction of sp³-hybridized carbons (Fsp3) is 0.316. The van der Waals surface area contributed by atoms with Gasteiger partial charge in [0.1, 0.15) is 11.3 Å². The molecule has 28 heavy (non-hydrogen) atoms. The van der Waals surface area contributed by atoms with Crippen molar-refractivity contribution in [2.45, 2.75) is 25.3 Å². The van der Waals surface area contributed by atoms with Crippen molar-refractivity contribution >= 4 is 40.6 Å². The first kappa shape index (κ1) is 18.8. The van der Waals surface area contributed by atoms with Crippen LogP contribution in [0.15, 0.2) is 36.8 Å². The topological polar surface area (TPSA) is 82.8 Å². The summed E-state index contributed by atoms with van der Waals surface area (Å²) in [4.78, 5) is 22.3. The van der Waals surface area contributed by atoms with E-state index in [2.05, 4.69) is 20.2 Å². The Morgan fingerprint density at radius 1 is 1.25 bits per heavy atom. The average Bonchev–Trinajstić information content (AvgIpc) is 3.08. The molecule has 0 aliphatic carbocycles. The van der Waals surface area contributed by atoms with Crippen LogP contribution in [0.5, 0.6) is 0 Å². The molecule has 0 radical (unpaired) electrons. The Morgan fingerprint density at radius 3 is 2.71 bits per heavy atom. The van der Waals surface area contributed by atoms with E-state index in [0.717, 1.165) is 16.9 Å². The van der Waals surface area contributed by atoms with Gasteiger partial charge in [-0.15, -0.1) is 0 Å². The third-order valence-electron chi connectivity index (χ3n) is 5.21. The Morgan fingerprint density at radius 2 is 2.00 bits per heavy atom. The number of carbonyl (C=O) groups is 1. The maximum Gasteiger partial charge on any atom is 0.405 e. The molecule has 1 aliphatic rings. The van der Waals surface area contributed by atoms with Crippen LogP contribution < -0.4 is 10.2 Å². The van der Waals surface area contributed by atoms with Crippen LogP contribution in [0.4, 0.5) is 10.6 Å². The van der Waals surface area contributed by atoms with Crippen LogP contribution in [0.2, 0.25) is 10.0 Å². The minimum absolute atomic E-state index is 0.423. The van der Waals surface area contributed by atoms with Gasteiger partial charge in [-0.05, 0) is 31.9 Å². The molecular formula is C19H19Cl2N5O2. The van der Waals surface area contributed by atoms with Gasteiger partial charge in [-0.1, -0.05) is 29.3 Å². The highest BCUT2D eigenvalue weighted by Gasteiger charge is 2.32. The van der Waals surface area contributed by atoms with E-state index in [9.17, 15) is 4.79 Å². The molecule has 2 aromatic heterocycles. The lowest BCUT2D eigenvalue weighted by Gasteiger charge is -2.39. The Kier molecular flexibility index (Phi) is 4.81. The van der Waals surface area contributed by atoms with Crippen LogP contribution in [0.3, 0.4) is 0 Å². The third-order valence-corrected chi connectivity index (χ3v) is 6.03. The summed E-state index contributed by atoms with van der Waals surface area (Å²) in [7, 11) is 0. The van der Waals surface area contributed by atoms with Crippen molar-refractivity contribution in [2.75, 3.05) is 18.0 Å². The number of carboxylic acid groups (broad SMARTS) is 1. The fourth-order valence-electron chi connectivity index (χ4n) is 3.63. The van der Waals surface area contributed by atoms with Crippen LogP contribution in [0, 0.1) is 0 Å². The van der Waals surface area contributed by atoms with E-state index < -0.39 is 11.6 Å². The summed E-state index contributed by atoms with van der Waals surface area (Å²) in [5, 5.41) is 12.6. The summed E-state index contributed by atoms with van der Waals surface area (Å²) < 4.78 is 1.95. The van der Waals surface area contributed by atoms with Gasteiger partial charge < -0.3 is 15.3 Å². The van der Waals surface area contributed by atoms with Crippen molar-refractivity contribution in [1.82, 2.24) is 19.7 Å². The Hall–Kier alpha value is -2.51. The van der Waals surface area contributed by atoms with Crippen molar-refractivity contribution in [3.63, 3.8) is 0 Å². The third kappa shape index (κ3) is 3.36. The van der Waals surface area contributed by atoms with Crippen LogP contribution in [0.25, 0.3) is 16.9 Å². The maximum atomic E-state index is 11.0. The lowest BCUT2D eigenvalue weighted by molar-refractivity contribution is 0.173. The van der Waals surface area contributed by atoms with E-state index in [-0.39, 0.29) is 0 Å². The zero-order chi connectivity index (χ0) is 19.9. The van der Waals surface area contributed by atoms with Crippen molar-refractivity contribution in [3.05, 3.63) is 46.8 Å². The van der Waals surface area contributed by atoms with Gasteiger partial charge in [-0.25, -0.2) is 14.8 Å². The molecule has 9 heteroatoms. The molecule has 3 aromatic rings. The normalized spacial score (nSPS) is 16.3. The number of aromatic nitrogens is 3. The number of benzene rings is 1. The number of anilines is 1. The van der Waals surface area contributed by atoms with E-state index in [0.29, 0.717) is 41.8 Å². The standard InChI is InChI=1S/C19H19Cl2N5O2/c1-19(24-18(27)28)5-8-25(9-6-19)17-14-11-23-16(26(14)10-7-22-17)12-3-2-4-13(20)15(12)21/h2-4,7,10-11,24H,5-6,8-9H2,1H3,(H,27,28). The SMILES string of the molecule is CC1(NC(=O)O)CCN(c2nccn3c(-c4cccc(Cl)c4Cl)ncc23)CC1. The summed E-state index contributed by atoms with van der Waals surface area (Å²) in [6, 6.07) is 5.46. The predicted octanol–water partition coefficient (Wildman–Crippen LogP) is 4.33. The number of fused-ring (bicyclic) bond motifs is 1. The molecule has 0 unspecified atom stereocenters. The second kappa shape index (κ2) is 7.14. The number of amides is 1. The zero-order valence-electron chi connectivity index (χ0n) is 15.2. The summed E-state index contributed by atoms with van der Waals surface area (Å²) in [6.07, 6.45) is 5.76. The molecule has 0 bridgehead atoms. The van der Waals surface area contributed by atoms with Gasteiger partial charge in [-0.2, -0.15) is 0 Å². The fourth-order valence-corrected chi connectivity index (χ4v) is 4.01. The molecule has 0 saturated carbocycles. The second-order valence-corrected chi connectivity index (χ2v) is 7.95. The molecule has 1 fully saturated rings. The van der Waals surface area contributed by atoms with Gasteiger partial charge in [0.25, 0.3) is 0 Å². The molecule has 146 valence electrons. The van der Waals surface area contributed by atoms with Gasteiger partial charge in [0.05, 0.1) is 16.2 Å². The number of rotatable bonds is 3. The molecule has 0 atom stereocenters. The Bertz CT molecular complexity index is 1040. The number of nitrogens with one attached hydrogen (secondary N) is 1. The summed E-state index contributed by atoms with van der Waals surface area (Å²) in [5.41, 5.74) is 1.19. The van der Waals surface area contributed by atoms with E-state index in [1.807, 2.05) is 29.7 Å². The molecule has 1 saturated heterocycles. The number of piperidine rings is 1. The quantitative estimate of drug-likeness (QED) is 0.659. The van der Waals surface area contributed by atoms with E-state index in [1.54, 1.807) is 18.5 Å². The largest absolute Gasteiger partial charge is 0.465 e.